The van der Waals surface area contributed by atoms with Crippen molar-refractivity contribution >= 4 is 24.5 Å². The number of benzene rings is 1. The Morgan fingerprint density at radius 3 is 2.47 bits per heavy atom. The summed E-state index contributed by atoms with van der Waals surface area (Å²) in [4.78, 5) is 22.4. The van der Waals surface area contributed by atoms with E-state index in [4.69, 9.17) is 5.11 Å². The summed E-state index contributed by atoms with van der Waals surface area (Å²) in [6.07, 6.45) is -0.0647. The van der Waals surface area contributed by atoms with Crippen molar-refractivity contribution in [2.24, 2.45) is 5.92 Å². The van der Waals surface area contributed by atoms with Crippen LogP contribution in [0.4, 0.5) is 0 Å². The molecule has 0 spiro atoms. The molecule has 5 heteroatoms. The topological polar surface area (TPSA) is 66.4 Å². The number of carboxylic acid groups (broad SMARTS) is 1. The van der Waals surface area contributed by atoms with Gasteiger partial charge in [-0.25, -0.2) is 0 Å². The molecule has 2 N–H and O–H groups in total. The number of hydrogen-bond donors (Lipinski definition) is 3. The van der Waals surface area contributed by atoms with Crippen LogP contribution in [0.5, 0.6) is 0 Å². The van der Waals surface area contributed by atoms with Gasteiger partial charge in [-0.1, -0.05) is 37.3 Å². The summed E-state index contributed by atoms with van der Waals surface area (Å²) in [6.45, 7) is 2.13. The average Bonchev–Trinajstić information content (AvgIpc) is 2.40. The Morgan fingerprint density at radius 2 is 1.95 bits per heavy atom. The lowest BCUT2D eigenvalue weighted by Crippen LogP contribution is -2.35. The second-order valence-electron chi connectivity index (χ2n) is 4.42. The van der Waals surface area contributed by atoms with E-state index in [0.29, 0.717) is 5.75 Å². The second-order valence-corrected chi connectivity index (χ2v) is 4.79. The number of amides is 1. The van der Waals surface area contributed by atoms with Crippen molar-refractivity contribution in [2.75, 3.05) is 12.3 Å². The Bertz CT molecular complexity index is 422. The number of carbonyl (C=O) groups is 2. The maximum Gasteiger partial charge on any atom is 0.305 e. The largest absolute Gasteiger partial charge is 0.481 e. The van der Waals surface area contributed by atoms with E-state index in [9.17, 15) is 9.59 Å². The summed E-state index contributed by atoms with van der Waals surface area (Å²) in [7, 11) is 0. The van der Waals surface area contributed by atoms with E-state index in [1.165, 1.54) is 0 Å². The first-order chi connectivity index (χ1) is 9.06. The number of thiol groups is 1. The fourth-order valence-corrected chi connectivity index (χ4v) is 2.36. The van der Waals surface area contributed by atoms with Crippen LogP contribution in [0.2, 0.25) is 0 Å². The van der Waals surface area contributed by atoms with E-state index in [-0.39, 0.29) is 30.7 Å². The first-order valence-corrected chi connectivity index (χ1v) is 6.84. The van der Waals surface area contributed by atoms with E-state index in [1.807, 2.05) is 37.3 Å². The van der Waals surface area contributed by atoms with Crippen LogP contribution in [0, 0.1) is 5.92 Å². The van der Waals surface area contributed by atoms with Crippen LogP contribution in [0.25, 0.3) is 0 Å². The third-order valence-electron chi connectivity index (χ3n) is 3.10. The minimum atomic E-state index is -0.918. The number of carbonyl (C=O) groups excluding carboxylic acids is 1. The molecule has 0 aliphatic heterocycles. The first-order valence-electron chi connectivity index (χ1n) is 6.21. The Morgan fingerprint density at radius 1 is 1.32 bits per heavy atom. The van der Waals surface area contributed by atoms with Crippen LogP contribution >= 0.6 is 12.6 Å². The number of rotatable bonds is 7. The highest BCUT2D eigenvalue weighted by Gasteiger charge is 2.24. The summed E-state index contributed by atoms with van der Waals surface area (Å²) >= 11 is 4.23. The zero-order valence-electron chi connectivity index (χ0n) is 10.9. The molecule has 0 radical (unpaired) electrons. The molecule has 0 saturated carbocycles. The minimum absolute atomic E-state index is 0.0449. The van der Waals surface area contributed by atoms with Gasteiger partial charge in [-0.2, -0.15) is 12.6 Å². The van der Waals surface area contributed by atoms with Gasteiger partial charge in [-0.05, 0) is 11.5 Å². The highest BCUT2D eigenvalue weighted by Crippen LogP contribution is 2.25. The normalized spacial score (nSPS) is 13.6. The van der Waals surface area contributed by atoms with Crippen LogP contribution in [-0.4, -0.2) is 29.3 Å². The predicted octanol–water partition coefficient (Wildman–Crippen LogP) is 1.93. The Hall–Kier alpha value is -1.49. The van der Waals surface area contributed by atoms with Crippen molar-refractivity contribution in [3.8, 4) is 0 Å². The molecule has 0 aliphatic carbocycles. The summed E-state index contributed by atoms with van der Waals surface area (Å²) < 4.78 is 0. The van der Waals surface area contributed by atoms with Gasteiger partial charge >= 0.3 is 5.97 Å². The van der Waals surface area contributed by atoms with E-state index in [1.54, 1.807) is 0 Å². The molecular weight excluding hydrogens is 262 g/mol. The first kappa shape index (κ1) is 15.6. The van der Waals surface area contributed by atoms with Crippen LogP contribution < -0.4 is 5.32 Å². The SMILES string of the molecule is C[C@@H](c1ccccc1)[C@@H](CS)C(=O)NCCC(=O)O. The van der Waals surface area contributed by atoms with Crippen molar-refractivity contribution in [2.45, 2.75) is 19.3 Å². The molecule has 2 atom stereocenters. The summed E-state index contributed by atoms with van der Waals surface area (Å²) in [6, 6.07) is 9.75. The molecule has 19 heavy (non-hydrogen) atoms. The molecule has 1 rings (SSSR count). The van der Waals surface area contributed by atoms with Gasteiger partial charge in [0.25, 0.3) is 0 Å². The van der Waals surface area contributed by atoms with Crippen molar-refractivity contribution in [3.63, 3.8) is 0 Å². The van der Waals surface area contributed by atoms with E-state index in [2.05, 4.69) is 17.9 Å². The lowest BCUT2D eigenvalue weighted by molar-refractivity contribution is -0.137. The van der Waals surface area contributed by atoms with Gasteiger partial charge in [0.1, 0.15) is 0 Å². The van der Waals surface area contributed by atoms with Crippen LogP contribution in [-0.2, 0) is 9.59 Å². The Labute approximate surface area is 118 Å². The van der Waals surface area contributed by atoms with Crippen LogP contribution in [0.3, 0.4) is 0 Å². The van der Waals surface area contributed by atoms with Crippen molar-refractivity contribution in [1.29, 1.82) is 0 Å². The van der Waals surface area contributed by atoms with Gasteiger partial charge in [0.15, 0.2) is 0 Å². The predicted molar refractivity (Wildman–Crippen MR) is 77.5 cm³/mol. The zero-order valence-corrected chi connectivity index (χ0v) is 11.8. The molecule has 1 aromatic carbocycles. The molecule has 0 unspecified atom stereocenters. The molecule has 0 aliphatic rings. The number of hydrogen-bond acceptors (Lipinski definition) is 3. The summed E-state index contributed by atoms with van der Waals surface area (Å²) in [5.41, 5.74) is 1.08. The van der Waals surface area contributed by atoms with Gasteiger partial charge in [0.05, 0.1) is 12.3 Å². The summed E-state index contributed by atoms with van der Waals surface area (Å²) in [5, 5.41) is 11.2. The third-order valence-corrected chi connectivity index (χ3v) is 3.49. The van der Waals surface area contributed by atoms with Crippen molar-refractivity contribution in [3.05, 3.63) is 35.9 Å². The smallest absolute Gasteiger partial charge is 0.305 e. The quantitative estimate of drug-likeness (QED) is 0.669. The Kier molecular flexibility index (Phi) is 6.42. The second kappa shape index (κ2) is 7.84. The molecule has 104 valence electrons. The average molecular weight is 281 g/mol. The van der Waals surface area contributed by atoms with Gasteiger partial charge < -0.3 is 10.4 Å². The lowest BCUT2D eigenvalue weighted by atomic mass is 9.88. The zero-order chi connectivity index (χ0) is 14.3. The maximum atomic E-state index is 12.0. The molecule has 0 fully saturated rings. The highest BCUT2D eigenvalue weighted by atomic mass is 32.1. The molecule has 1 aromatic rings. The fourth-order valence-electron chi connectivity index (χ4n) is 1.88. The number of aliphatic carboxylic acids is 1. The van der Waals surface area contributed by atoms with Gasteiger partial charge in [0, 0.05) is 12.3 Å². The van der Waals surface area contributed by atoms with E-state index >= 15 is 0 Å². The molecule has 4 nitrogen and oxygen atoms in total. The van der Waals surface area contributed by atoms with Gasteiger partial charge in [0.2, 0.25) is 5.91 Å². The highest BCUT2D eigenvalue weighted by molar-refractivity contribution is 7.80. The van der Waals surface area contributed by atoms with Crippen molar-refractivity contribution < 1.29 is 14.7 Å². The molecule has 0 aromatic heterocycles. The summed E-state index contributed by atoms with van der Waals surface area (Å²) in [5.74, 6) is -0.857. The van der Waals surface area contributed by atoms with Gasteiger partial charge in [-0.15, -0.1) is 0 Å². The third kappa shape index (κ3) is 4.95. The van der Waals surface area contributed by atoms with E-state index in [0.717, 1.165) is 5.56 Å². The van der Waals surface area contributed by atoms with Gasteiger partial charge in [-0.3, -0.25) is 9.59 Å². The molecular formula is C14H19NO3S. The number of nitrogens with one attached hydrogen (secondary N) is 1. The molecule has 1 amide bonds. The fraction of sp³-hybridized carbons (Fsp3) is 0.429. The molecule has 0 bridgehead atoms. The number of carboxylic acids is 1. The molecule has 0 heterocycles. The minimum Gasteiger partial charge on any atom is -0.481 e. The maximum absolute atomic E-state index is 12.0. The van der Waals surface area contributed by atoms with E-state index < -0.39 is 5.97 Å². The van der Waals surface area contributed by atoms with Crippen molar-refractivity contribution in [1.82, 2.24) is 5.32 Å². The Balaban J connectivity index is 2.61. The standard InChI is InChI=1S/C14H19NO3S/c1-10(11-5-3-2-4-6-11)12(9-19)14(18)15-8-7-13(16)17/h2-6,10,12,19H,7-9H2,1H3,(H,15,18)(H,16,17)/t10-,12+/m0/s1. The van der Waals surface area contributed by atoms with Crippen LogP contribution in [0.15, 0.2) is 30.3 Å². The molecule has 0 saturated heterocycles. The lowest BCUT2D eigenvalue weighted by Gasteiger charge is -2.22. The van der Waals surface area contributed by atoms with Crippen LogP contribution in [0.1, 0.15) is 24.8 Å². The monoisotopic (exact) mass is 281 g/mol.